The standard InChI is InChI=1S/C25H32N4O7S2/c1-15(2)10-11-25(3)18-7-5-4-6-17(18)22(31)21(23(25)32)24-27-19-9-8-16(14-20(19)37(33,34)29-24)28-38(35,36)26-12-13-30/h4-9,14-15,26,28,30-31,33-34H,10-13H2,1-3H3,(H,27,29). The van der Waals surface area contributed by atoms with Gasteiger partial charge in [-0.3, -0.25) is 18.6 Å². The molecule has 13 heteroatoms. The summed E-state index contributed by atoms with van der Waals surface area (Å²) in [5.74, 6) is -0.539. The van der Waals surface area contributed by atoms with Crippen LogP contribution in [0.25, 0.3) is 5.76 Å². The summed E-state index contributed by atoms with van der Waals surface area (Å²) >= 11 is 0. The van der Waals surface area contributed by atoms with Crippen LogP contribution < -0.4 is 14.8 Å². The molecule has 0 saturated carbocycles. The van der Waals surface area contributed by atoms with Gasteiger partial charge in [0.15, 0.2) is 11.6 Å². The minimum Gasteiger partial charge on any atom is -0.506 e. The number of amidine groups is 1. The summed E-state index contributed by atoms with van der Waals surface area (Å²) in [7, 11) is -7.90. The summed E-state index contributed by atoms with van der Waals surface area (Å²) in [5, 5.41) is 23.0. The smallest absolute Gasteiger partial charge is 0.299 e. The summed E-state index contributed by atoms with van der Waals surface area (Å²) < 4.78 is 54.5. The quantitative estimate of drug-likeness (QED) is 0.238. The molecule has 0 radical (unpaired) electrons. The van der Waals surface area contributed by atoms with Crippen molar-refractivity contribution in [3.63, 3.8) is 0 Å². The number of nitrogens with one attached hydrogen (secondary N) is 3. The highest BCUT2D eigenvalue weighted by Gasteiger charge is 2.46. The number of aliphatic hydroxyl groups is 2. The second-order valence-corrected chi connectivity index (χ2v) is 13.0. The van der Waals surface area contributed by atoms with Gasteiger partial charge in [-0.2, -0.15) is 13.1 Å². The largest absolute Gasteiger partial charge is 0.506 e. The summed E-state index contributed by atoms with van der Waals surface area (Å²) in [6.45, 7) is 5.35. The Kier molecular flexibility index (Phi) is 7.63. The number of hydrogen-bond donors (Lipinski definition) is 7. The maximum absolute atomic E-state index is 14.0. The highest BCUT2D eigenvalue weighted by atomic mass is 32.3. The number of carbonyl (C=O) groups excluding carboxylic acids is 1. The van der Waals surface area contributed by atoms with Gasteiger partial charge in [0.1, 0.15) is 16.2 Å². The predicted octanol–water partition coefficient (Wildman–Crippen LogP) is 4.02. The first-order valence-corrected chi connectivity index (χ1v) is 15.0. The van der Waals surface area contributed by atoms with Gasteiger partial charge in [-0.25, -0.2) is 0 Å². The minimum atomic E-state index is -4.01. The van der Waals surface area contributed by atoms with Crippen LogP contribution in [0.4, 0.5) is 11.4 Å². The van der Waals surface area contributed by atoms with Crippen LogP contribution in [0, 0.1) is 5.92 Å². The Hall–Kier alpha value is -2.94. The zero-order valence-corrected chi connectivity index (χ0v) is 22.9. The van der Waals surface area contributed by atoms with Crippen LogP contribution in [0.3, 0.4) is 0 Å². The Balaban J connectivity index is 1.75. The number of carbonyl (C=O) groups is 1. The molecule has 4 rings (SSSR count). The van der Waals surface area contributed by atoms with Crippen LogP contribution in [-0.2, 0) is 20.4 Å². The molecular formula is C25H32N4O7S2. The van der Waals surface area contributed by atoms with E-state index in [4.69, 9.17) is 5.11 Å². The van der Waals surface area contributed by atoms with Crippen LogP contribution in [0.1, 0.15) is 44.7 Å². The van der Waals surface area contributed by atoms with Gasteiger partial charge in [-0.15, -0.1) is 4.40 Å². The van der Waals surface area contributed by atoms with Gasteiger partial charge in [0.2, 0.25) is 0 Å². The second-order valence-electron chi connectivity index (χ2n) is 9.88. The van der Waals surface area contributed by atoms with Crippen molar-refractivity contribution in [1.29, 1.82) is 0 Å². The topological polar surface area (TPSA) is 181 Å². The minimum absolute atomic E-state index is 0.0283. The number of hydrogen-bond acceptors (Lipinski definition) is 9. The van der Waals surface area contributed by atoms with Crippen LogP contribution in [-0.4, -0.2) is 52.5 Å². The number of benzene rings is 2. The van der Waals surface area contributed by atoms with Crippen molar-refractivity contribution >= 4 is 49.7 Å². The zero-order chi connectivity index (χ0) is 27.9. The molecular weight excluding hydrogens is 532 g/mol. The highest BCUT2D eigenvalue weighted by Crippen LogP contribution is 2.57. The predicted molar refractivity (Wildman–Crippen MR) is 149 cm³/mol. The fraction of sp³-hybridized carbons (Fsp3) is 0.360. The van der Waals surface area contributed by atoms with Gasteiger partial charge in [0.25, 0.3) is 10.2 Å². The molecule has 1 atom stereocenters. The molecule has 0 fully saturated rings. The average molecular weight is 565 g/mol. The normalized spacial score (nSPS) is 21.3. The van der Waals surface area contributed by atoms with Crippen molar-refractivity contribution in [3.8, 4) is 0 Å². The molecule has 2 aromatic carbocycles. The van der Waals surface area contributed by atoms with Crippen LogP contribution in [0.2, 0.25) is 0 Å². The second kappa shape index (κ2) is 10.3. The van der Waals surface area contributed by atoms with Gasteiger partial charge in [-0.05, 0) is 49.4 Å². The molecule has 1 aliphatic carbocycles. The van der Waals surface area contributed by atoms with E-state index in [1.54, 1.807) is 12.1 Å². The maximum atomic E-state index is 14.0. The van der Waals surface area contributed by atoms with E-state index in [2.05, 4.69) is 33.0 Å². The van der Waals surface area contributed by atoms with E-state index in [0.717, 1.165) is 6.42 Å². The number of Topliss-reactive ketones (excluding diaryl/α,β-unsaturated/α-hetero) is 1. The monoisotopic (exact) mass is 564 g/mol. The average Bonchev–Trinajstić information content (AvgIpc) is 2.85. The molecule has 0 spiro atoms. The van der Waals surface area contributed by atoms with Crippen molar-refractivity contribution in [2.75, 3.05) is 23.2 Å². The molecule has 2 aromatic rings. The van der Waals surface area contributed by atoms with Crippen molar-refractivity contribution in [2.45, 2.75) is 43.9 Å². The number of fused-ring (bicyclic) bond motifs is 2. The lowest BCUT2D eigenvalue weighted by atomic mass is 9.66. The van der Waals surface area contributed by atoms with Crippen molar-refractivity contribution < 1.29 is 32.5 Å². The van der Waals surface area contributed by atoms with Gasteiger partial charge in [0, 0.05) is 12.1 Å². The molecule has 0 saturated heterocycles. The first-order valence-electron chi connectivity index (χ1n) is 12.0. The summed E-state index contributed by atoms with van der Waals surface area (Å²) in [4.78, 5) is 13.9. The Morgan fingerprint density at radius 1 is 1.16 bits per heavy atom. The lowest BCUT2D eigenvalue weighted by Gasteiger charge is -2.39. The Labute approximate surface area is 223 Å². The number of ketones is 1. The maximum Gasteiger partial charge on any atom is 0.299 e. The van der Waals surface area contributed by atoms with Crippen molar-refractivity contribution in [1.82, 2.24) is 4.72 Å². The third-order valence-corrected chi connectivity index (χ3v) is 9.06. The molecule has 0 bridgehead atoms. The molecule has 11 nitrogen and oxygen atoms in total. The number of rotatable bonds is 9. The molecule has 206 valence electrons. The number of aliphatic hydroxyl groups excluding tert-OH is 2. The first-order chi connectivity index (χ1) is 17.8. The molecule has 7 N–H and O–H groups in total. The molecule has 1 aliphatic heterocycles. The van der Waals surface area contributed by atoms with Gasteiger partial charge in [-0.1, -0.05) is 48.9 Å². The molecule has 1 heterocycles. The summed E-state index contributed by atoms with van der Waals surface area (Å²) in [6.07, 6.45) is 1.28. The van der Waals surface area contributed by atoms with Gasteiger partial charge < -0.3 is 15.5 Å². The Bertz CT molecular complexity index is 1440. The van der Waals surface area contributed by atoms with E-state index in [9.17, 15) is 27.4 Å². The molecule has 1 unspecified atom stereocenters. The van der Waals surface area contributed by atoms with E-state index >= 15 is 0 Å². The van der Waals surface area contributed by atoms with Gasteiger partial charge in [0.05, 0.1) is 23.4 Å². The highest BCUT2D eigenvalue weighted by molar-refractivity contribution is 8.23. The Morgan fingerprint density at radius 3 is 2.55 bits per heavy atom. The van der Waals surface area contributed by atoms with Crippen LogP contribution in [0.5, 0.6) is 0 Å². The van der Waals surface area contributed by atoms with E-state index in [1.807, 2.05) is 19.1 Å². The fourth-order valence-corrected chi connectivity index (χ4v) is 6.64. The van der Waals surface area contributed by atoms with E-state index in [1.165, 1.54) is 18.2 Å². The van der Waals surface area contributed by atoms with Crippen molar-refractivity contribution in [3.05, 3.63) is 59.2 Å². The molecule has 38 heavy (non-hydrogen) atoms. The fourth-order valence-electron chi connectivity index (χ4n) is 4.58. The molecule has 2 aliphatic rings. The Morgan fingerprint density at radius 2 is 1.87 bits per heavy atom. The summed E-state index contributed by atoms with van der Waals surface area (Å²) in [6, 6.07) is 11.1. The van der Waals surface area contributed by atoms with E-state index in [0.29, 0.717) is 23.5 Å². The summed E-state index contributed by atoms with van der Waals surface area (Å²) in [5.41, 5.74) is 0.276. The van der Waals surface area contributed by atoms with E-state index < -0.39 is 38.8 Å². The lowest BCUT2D eigenvalue weighted by molar-refractivity contribution is -0.120. The first kappa shape index (κ1) is 28.1. The third kappa shape index (κ3) is 5.30. The molecule has 0 amide bonds. The van der Waals surface area contributed by atoms with Crippen molar-refractivity contribution in [2.24, 2.45) is 10.3 Å². The SMILES string of the molecule is CC(C)CCC1(C)C(=O)C(C2=NS(O)(O)c3cc(NS(=O)(=O)NCCO)ccc3N2)=C(O)c2ccccc21. The molecule has 0 aromatic heterocycles. The van der Waals surface area contributed by atoms with E-state index in [-0.39, 0.29) is 40.0 Å². The number of anilines is 2. The third-order valence-electron chi connectivity index (χ3n) is 6.60. The zero-order valence-electron chi connectivity index (χ0n) is 21.2. The van der Waals surface area contributed by atoms with Gasteiger partial charge >= 0.3 is 0 Å². The van der Waals surface area contributed by atoms with Crippen LogP contribution in [0.15, 0.2) is 57.3 Å². The van der Waals surface area contributed by atoms with Crippen LogP contribution >= 0.6 is 10.8 Å². The lowest BCUT2D eigenvalue weighted by Crippen LogP contribution is -2.42. The number of nitrogens with zero attached hydrogens (tertiary/aromatic N) is 1.